The predicted molar refractivity (Wildman–Crippen MR) is 124 cm³/mol. The van der Waals surface area contributed by atoms with E-state index in [9.17, 15) is 4.79 Å². The molecule has 2 aromatic carbocycles. The molecule has 7 heteroatoms. The van der Waals surface area contributed by atoms with Crippen molar-refractivity contribution >= 4 is 5.91 Å². The Morgan fingerprint density at radius 3 is 2.50 bits per heavy atom. The summed E-state index contributed by atoms with van der Waals surface area (Å²) in [5, 5.41) is 15.6. The van der Waals surface area contributed by atoms with Gasteiger partial charge in [-0.25, -0.2) is 0 Å². The van der Waals surface area contributed by atoms with Crippen LogP contribution < -0.4 is 5.32 Å². The molecule has 2 heterocycles. The smallest absolute Gasteiger partial charge is 0.220 e. The van der Waals surface area contributed by atoms with E-state index in [1.807, 2.05) is 30.3 Å². The molecule has 0 spiro atoms. The monoisotopic (exact) mass is 432 g/mol. The maximum atomic E-state index is 12.2. The lowest BCUT2D eigenvalue weighted by atomic mass is 9.99. The number of hydrogen-bond acceptors (Lipinski definition) is 5. The predicted octanol–water partition coefficient (Wildman–Crippen LogP) is 3.67. The third-order valence-corrected chi connectivity index (χ3v) is 6.04. The molecule has 1 fully saturated rings. The second-order valence-electron chi connectivity index (χ2n) is 8.73. The van der Waals surface area contributed by atoms with E-state index in [-0.39, 0.29) is 5.91 Å². The van der Waals surface area contributed by atoms with Crippen molar-refractivity contribution in [1.29, 1.82) is 0 Å². The highest BCUT2D eigenvalue weighted by molar-refractivity contribution is 5.75. The first kappa shape index (κ1) is 22.1. The first-order chi connectivity index (χ1) is 15.7. The number of tetrazole rings is 1. The Hall–Kier alpha value is -3.06. The van der Waals surface area contributed by atoms with Gasteiger partial charge in [-0.15, -0.1) is 10.2 Å². The molecule has 32 heavy (non-hydrogen) atoms. The van der Waals surface area contributed by atoms with Gasteiger partial charge in [0.1, 0.15) is 0 Å². The van der Waals surface area contributed by atoms with Crippen molar-refractivity contribution < 1.29 is 4.79 Å². The summed E-state index contributed by atoms with van der Waals surface area (Å²) < 4.78 is 0. The first-order valence-electron chi connectivity index (χ1n) is 11.6. The minimum Gasteiger partial charge on any atom is -0.352 e. The van der Waals surface area contributed by atoms with Gasteiger partial charge in [0.15, 0.2) is 0 Å². The number of hydrogen-bond donors (Lipinski definition) is 1. The molecule has 1 amide bonds. The number of amides is 1. The lowest BCUT2D eigenvalue weighted by molar-refractivity contribution is -0.121. The Labute approximate surface area is 189 Å². The van der Waals surface area contributed by atoms with Crippen LogP contribution in [0.5, 0.6) is 0 Å². The van der Waals surface area contributed by atoms with Crippen LogP contribution in [0, 0.1) is 5.92 Å². The van der Waals surface area contributed by atoms with Gasteiger partial charge in [0, 0.05) is 25.1 Å². The minimum absolute atomic E-state index is 0.0416. The lowest BCUT2D eigenvalue weighted by Gasteiger charge is -2.30. The third-order valence-electron chi connectivity index (χ3n) is 6.04. The molecule has 168 valence electrons. The number of aryl methyl sites for hydroxylation is 1. The number of rotatable bonds is 9. The number of benzene rings is 2. The Kier molecular flexibility index (Phi) is 7.61. The average Bonchev–Trinajstić information content (AvgIpc) is 3.30. The molecule has 1 N–H and O–H groups in total. The van der Waals surface area contributed by atoms with Crippen LogP contribution in [0.25, 0.3) is 11.4 Å². The van der Waals surface area contributed by atoms with E-state index >= 15 is 0 Å². The Morgan fingerprint density at radius 2 is 1.75 bits per heavy atom. The van der Waals surface area contributed by atoms with Gasteiger partial charge < -0.3 is 5.32 Å². The largest absolute Gasteiger partial charge is 0.352 e. The van der Waals surface area contributed by atoms with Crippen molar-refractivity contribution in [3.05, 3.63) is 65.7 Å². The van der Waals surface area contributed by atoms with Crippen LogP contribution in [-0.2, 0) is 24.4 Å². The Balaban J connectivity index is 1.15. The topological polar surface area (TPSA) is 75.9 Å². The van der Waals surface area contributed by atoms with Crippen LogP contribution in [0.3, 0.4) is 0 Å². The maximum absolute atomic E-state index is 12.2. The molecule has 0 bridgehead atoms. The number of likely N-dealkylation sites (tertiary alicyclic amines) is 1. The second-order valence-corrected chi connectivity index (χ2v) is 8.73. The zero-order chi connectivity index (χ0) is 22.2. The van der Waals surface area contributed by atoms with Gasteiger partial charge in [0.25, 0.3) is 0 Å². The van der Waals surface area contributed by atoms with E-state index < -0.39 is 0 Å². The minimum atomic E-state index is 0.0416. The number of carbonyl (C=O) groups is 1. The van der Waals surface area contributed by atoms with E-state index in [1.54, 1.807) is 4.80 Å². The fourth-order valence-corrected chi connectivity index (χ4v) is 3.95. The SMILES string of the molecule is CC1CCN(Cc2ccc(CNC(=O)CCCn3nnc(-c4ccccc4)n3)cc2)CC1. The first-order valence-corrected chi connectivity index (χ1v) is 11.6. The fraction of sp³-hybridized carbons (Fsp3) is 0.440. The number of nitrogens with one attached hydrogen (secondary N) is 1. The standard InChI is InChI=1S/C25H32N6O/c1-20-13-16-30(17-14-20)19-22-11-9-21(10-12-22)18-26-24(32)8-5-15-31-28-25(27-29-31)23-6-3-2-4-7-23/h2-4,6-7,9-12,20H,5,8,13-19H2,1H3,(H,26,32). The summed E-state index contributed by atoms with van der Waals surface area (Å²) in [7, 11) is 0. The maximum Gasteiger partial charge on any atom is 0.220 e. The molecule has 0 saturated carbocycles. The zero-order valence-electron chi connectivity index (χ0n) is 18.8. The van der Waals surface area contributed by atoms with E-state index in [0.717, 1.165) is 23.6 Å². The van der Waals surface area contributed by atoms with Crippen LogP contribution in [0.4, 0.5) is 0 Å². The molecule has 0 atom stereocenters. The van der Waals surface area contributed by atoms with Crippen molar-refractivity contribution in [2.45, 2.75) is 52.2 Å². The van der Waals surface area contributed by atoms with Gasteiger partial charge in [-0.1, -0.05) is 61.5 Å². The fourth-order valence-electron chi connectivity index (χ4n) is 3.95. The van der Waals surface area contributed by atoms with E-state index in [1.165, 1.54) is 31.5 Å². The Morgan fingerprint density at radius 1 is 1.03 bits per heavy atom. The average molecular weight is 433 g/mol. The van der Waals surface area contributed by atoms with E-state index in [0.29, 0.717) is 31.8 Å². The van der Waals surface area contributed by atoms with Gasteiger partial charge in [-0.05, 0) is 54.6 Å². The number of nitrogens with zero attached hydrogens (tertiary/aromatic N) is 5. The molecule has 0 unspecified atom stereocenters. The van der Waals surface area contributed by atoms with Crippen LogP contribution in [0.1, 0.15) is 43.7 Å². The van der Waals surface area contributed by atoms with Crippen molar-refractivity contribution in [2.75, 3.05) is 13.1 Å². The summed E-state index contributed by atoms with van der Waals surface area (Å²) in [6.45, 7) is 6.86. The van der Waals surface area contributed by atoms with Crippen LogP contribution in [-0.4, -0.2) is 44.1 Å². The van der Waals surface area contributed by atoms with Gasteiger partial charge in [-0.3, -0.25) is 9.69 Å². The number of piperidine rings is 1. The van der Waals surface area contributed by atoms with Crippen molar-refractivity contribution in [3.63, 3.8) is 0 Å². The second kappa shape index (κ2) is 11.0. The van der Waals surface area contributed by atoms with Crippen LogP contribution in [0.15, 0.2) is 54.6 Å². The molecule has 1 aromatic heterocycles. The molecule has 0 aliphatic carbocycles. The molecule has 3 aromatic rings. The molecular weight excluding hydrogens is 400 g/mol. The van der Waals surface area contributed by atoms with Gasteiger partial charge in [-0.2, -0.15) is 4.80 Å². The summed E-state index contributed by atoms with van der Waals surface area (Å²) in [5.41, 5.74) is 3.40. The highest BCUT2D eigenvalue weighted by Gasteiger charge is 2.15. The van der Waals surface area contributed by atoms with Gasteiger partial charge in [0.2, 0.25) is 11.7 Å². The van der Waals surface area contributed by atoms with Gasteiger partial charge >= 0.3 is 0 Å². The van der Waals surface area contributed by atoms with E-state index in [2.05, 4.69) is 56.8 Å². The normalized spacial score (nSPS) is 15.0. The van der Waals surface area contributed by atoms with Gasteiger partial charge in [0.05, 0.1) is 6.54 Å². The quantitative estimate of drug-likeness (QED) is 0.558. The molecule has 1 saturated heterocycles. The van der Waals surface area contributed by atoms with Crippen molar-refractivity contribution in [1.82, 2.24) is 30.4 Å². The summed E-state index contributed by atoms with van der Waals surface area (Å²) in [6.07, 6.45) is 3.70. The molecule has 1 aliphatic rings. The summed E-state index contributed by atoms with van der Waals surface area (Å²) >= 11 is 0. The molecular formula is C25H32N6O. The molecule has 1 aliphatic heterocycles. The van der Waals surface area contributed by atoms with Crippen molar-refractivity contribution in [2.24, 2.45) is 5.92 Å². The van der Waals surface area contributed by atoms with E-state index in [4.69, 9.17) is 0 Å². The molecule has 0 radical (unpaired) electrons. The third kappa shape index (κ3) is 6.47. The number of carbonyl (C=O) groups excluding carboxylic acids is 1. The zero-order valence-corrected chi connectivity index (χ0v) is 18.8. The number of aromatic nitrogens is 4. The summed E-state index contributed by atoms with van der Waals surface area (Å²) in [6, 6.07) is 18.4. The van der Waals surface area contributed by atoms with Crippen molar-refractivity contribution in [3.8, 4) is 11.4 Å². The lowest BCUT2D eigenvalue weighted by Crippen LogP contribution is -2.32. The molecule has 4 rings (SSSR count). The summed E-state index contributed by atoms with van der Waals surface area (Å²) in [5.74, 6) is 1.50. The van der Waals surface area contributed by atoms with Crippen LogP contribution in [0.2, 0.25) is 0 Å². The summed E-state index contributed by atoms with van der Waals surface area (Å²) in [4.78, 5) is 16.3. The Bertz CT molecular complexity index is 977. The highest BCUT2D eigenvalue weighted by atomic mass is 16.1. The molecule has 7 nitrogen and oxygen atoms in total. The highest BCUT2D eigenvalue weighted by Crippen LogP contribution is 2.18. The van der Waals surface area contributed by atoms with Crippen LogP contribution >= 0.6 is 0 Å².